The van der Waals surface area contributed by atoms with E-state index in [-0.39, 0.29) is 24.5 Å². The van der Waals surface area contributed by atoms with Gasteiger partial charge in [0.05, 0.1) is 24.5 Å². The Bertz CT molecular complexity index is 744. The normalized spacial score (nSPS) is 18.6. The van der Waals surface area contributed by atoms with Crippen LogP contribution >= 0.6 is 0 Å². The molecule has 0 radical (unpaired) electrons. The van der Waals surface area contributed by atoms with E-state index in [9.17, 15) is 18.0 Å². The van der Waals surface area contributed by atoms with Gasteiger partial charge in [0.15, 0.2) is 16.4 Å². The van der Waals surface area contributed by atoms with Gasteiger partial charge in [-0.3, -0.25) is 9.59 Å². The van der Waals surface area contributed by atoms with E-state index in [1.807, 2.05) is 32.0 Å². The third-order valence-electron chi connectivity index (χ3n) is 3.87. The molecule has 0 spiro atoms. The predicted molar refractivity (Wildman–Crippen MR) is 92.2 cm³/mol. The molecule has 1 N–H and O–H groups in total. The third-order valence-corrected chi connectivity index (χ3v) is 5.64. The lowest BCUT2D eigenvalue weighted by molar-refractivity contribution is -0.149. The smallest absolute Gasteiger partial charge is 0.309 e. The van der Waals surface area contributed by atoms with E-state index >= 15 is 0 Å². The summed E-state index contributed by atoms with van der Waals surface area (Å²) in [7, 11) is -3.06. The van der Waals surface area contributed by atoms with Crippen molar-refractivity contribution in [3.05, 3.63) is 29.3 Å². The monoisotopic (exact) mass is 369 g/mol. The second-order valence-corrected chi connectivity index (χ2v) is 8.42. The van der Waals surface area contributed by atoms with Crippen molar-refractivity contribution in [2.24, 2.45) is 0 Å². The molecule has 2 rings (SSSR count). The molecule has 0 unspecified atom stereocenters. The summed E-state index contributed by atoms with van der Waals surface area (Å²) in [6.07, 6.45) is 0.421. The molecule has 0 aliphatic carbocycles. The first-order valence-corrected chi connectivity index (χ1v) is 9.93. The van der Waals surface area contributed by atoms with Crippen molar-refractivity contribution in [2.45, 2.75) is 32.7 Å². The van der Waals surface area contributed by atoms with Crippen LogP contribution in [0.25, 0.3) is 0 Å². The molecule has 1 fully saturated rings. The van der Waals surface area contributed by atoms with Crippen LogP contribution < -0.4 is 10.1 Å². The van der Waals surface area contributed by atoms with Crippen molar-refractivity contribution in [1.29, 1.82) is 0 Å². The minimum Gasteiger partial charge on any atom is -0.493 e. The van der Waals surface area contributed by atoms with Gasteiger partial charge in [0.25, 0.3) is 5.91 Å². The van der Waals surface area contributed by atoms with Gasteiger partial charge in [-0.2, -0.15) is 0 Å². The standard InChI is InChI=1S/C17H23NO6S/c1-12-3-4-13(2)15(9-12)23-7-5-17(20)24-10-16(19)18-14-6-8-25(21,22)11-14/h3-4,9,14H,5-8,10-11H2,1-2H3,(H,18,19)/t14-/m1/s1. The number of ether oxygens (including phenoxy) is 2. The molecule has 0 saturated carbocycles. The molecule has 1 aromatic rings. The Balaban J connectivity index is 1.65. The second kappa shape index (κ2) is 8.33. The molecule has 7 nitrogen and oxygen atoms in total. The van der Waals surface area contributed by atoms with Crippen molar-refractivity contribution in [1.82, 2.24) is 5.32 Å². The van der Waals surface area contributed by atoms with Crippen molar-refractivity contribution >= 4 is 21.7 Å². The second-order valence-electron chi connectivity index (χ2n) is 6.20. The summed E-state index contributed by atoms with van der Waals surface area (Å²) >= 11 is 0. The van der Waals surface area contributed by atoms with Gasteiger partial charge in [0.2, 0.25) is 0 Å². The zero-order chi connectivity index (χ0) is 18.4. The van der Waals surface area contributed by atoms with E-state index in [1.54, 1.807) is 0 Å². The van der Waals surface area contributed by atoms with E-state index in [0.717, 1.165) is 11.1 Å². The van der Waals surface area contributed by atoms with Crippen LogP contribution in [0.4, 0.5) is 0 Å². The molecule has 1 atom stereocenters. The average molecular weight is 369 g/mol. The molecule has 8 heteroatoms. The number of sulfone groups is 1. The van der Waals surface area contributed by atoms with Crippen molar-refractivity contribution in [2.75, 3.05) is 24.7 Å². The predicted octanol–water partition coefficient (Wildman–Crippen LogP) is 0.919. The van der Waals surface area contributed by atoms with Gasteiger partial charge in [-0.1, -0.05) is 12.1 Å². The van der Waals surface area contributed by atoms with Crippen molar-refractivity contribution in [3.8, 4) is 5.75 Å². The van der Waals surface area contributed by atoms with E-state index in [0.29, 0.717) is 12.2 Å². The van der Waals surface area contributed by atoms with Gasteiger partial charge in [-0.15, -0.1) is 0 Å². The zero-order valence-electron chi connectivity index (χ0n) is 14.4. The van der Waals surface area contributed by atoms with Crippen LogP contribution in [0.1, 0.15) is 24.0 Å². The summed E-state index contributed by atoms with van der Waals surface area (Å²) in [4.78, 5) is 23.3. The average Bonchev–Trinajstić information content (AvgIpc) is 2.87. The summed E-state index contributed by atoms with van der Waals surface area (Å²) in [6.45, 7) is 3.61. The van der Waals surface area contributed by atoms with Crippen LogP contribution in [-0.2, 0) is 24.2 Å². The summed E-state index contributed by atoms with van der Waals surface area (Å²) in [5.41, 5.74) is 2.04. The van der Waals surface area contributed by atoms with Gasteiger partial charge in [0.1, 0.15) is 5.75 Å². The number of benzene rings is 1. The first-order chi connectivity index (χ1) is 11.7. The van der Waals surface area contributed by atoms with Crippen LogP contribution in [0, 0.1) is 13.8 Å². The van der Waals surface area contributed by atoms with Gasteiger partial charge >= 0.3 is 5.97 Å². The molecule has 1 heterocycles. The summed E-state index contributed by atoms with van der Waals surface area (Å²) in [6, 6.07) is 5.41. The number of amides is 1. The minimum atomic E-state index is -3.06. The summed E-state index contributed by atoms with van der Waals surface area (Å²) < 4.78 is 33.1. The maximum absolute atomic E-state index is 11.7. The van der Waals surface area contributed by atoms with E-state index in [4.69, 9.17) is 9.47 Å². The number of aryl methyl sites for hydroxylation is 2. The minimum absolute atomic E-state index is 0.0263. The number of rotatable bonds is 7. The molecular formula is C17H23NO6S. The number of carbonyl (C=O) groups is 2. The van der Waals surface area contributed by atoms with Crippen molar-refractivity contribution < 1.29 is 27.5 Å². The molecule has 0 bridgehead atoms. The van der Waals surface area contributed by atoms with Gasteiger partial charge in [-0.05, 0) is 37.5 Å². The van der Waals surface area contributed by atoms with Gasteiger partial charge in [0, 0.05) is 6.04 Å². The highest BCUT2D eigenvalue weighted by Crippen LogP contribution is 2.19. The summed E-state index contributed by atoms with van der Waals surface area (Å²) in [5.74, 6) is -0.303. The lowest BCUT2D eigenvalue weighted by Crippen LogP contribution is -2.38. The number of carbonyl (C=O) groups excluding carboxylic acids is 2. The van der Waals surface area contributed by atoms with Crippen LogP contribution in [0.15, 0.2) is 18.2 Å². The Morgan fingerprint density at radius 3 is 2.72 bits per heavy atom. The molecule has 1 aliphatic heterocycles. The zero-order valence-corrected chi connectivity index (χ0v) is 15.2. The number of hydrogen-bond acceptors (Lipinski definition) is 6. The number of nitrogens with one attached hydrogen (secondary N) is 1. The van der Waals surface area contributed by atoms with Crippen LogP contribution in [-0.4, -0.2) is 51.1 Å². The van der Waals surface area contributed by atoms with E-state index in [1.165, 1.54) is 0 Å². The van der Waals surface area contributed by atoms with Gasteiger partial charge < -0.3 is 14.8 Å². The maximum atomic E-state index is 11.7. The van der Waals surface area contributed by atoms with Crippen LogP contribution in [0.3, 0.4) is 0 Å². The van der Waals surface area contributed by atoms with E-state index in [2.05, 4.69) is 5.32 Å². The fourth-order valence-corrected chi connectivity index (χ4v) is 4.18. The molecule has 25 heavy (non-hydrogen) atoms. The lowest BCUT2D eigenvalue weighted by atomic mass is 10.1. The Morgan fingerprint density at radius 1 is 1.28 bits per heavy atom. The highest BCUT2D eigenvalue weighted by molar-refractivity contribution is 7.91. The topological polar surface area (TPSA) is 98.8 Å². The van der Waals surface area contributed by atoms with E-state index < -0.39 is 34.4 Å². The number of esters is 1. The van der Waals surface area contributed by atoms with Crippen molar-refractivity contribution in [3.63, 3.8) is 0 Å². The molecule has 1 saturated heterocycles. The van der Waals surface area contributed by atoms with Crippen LogP contribution in [0.2, 0.25) is 0 Å². The Labute approximate surface area is 147 Å². The third kappa shape index (κ3) is 6.38. The fraction of sp³-hybridized carbons (Fsp3) is 0.529. The SMILES string of the molecule is Cc1ccc(C)c(OCCC(=O)OCC(=O)N[C@@H]2CCS(=O)(=O)C2)c1. The molecule has 0 aromatic heterocycles. The molecule has 1 aromatic carbocycles. The Hall–Kier alpha value is -2.09. The molecule has 138 valence electrons. The largest absolute Gasteiger partial charge is 0.493 e. The lowest BCUT2D eigenvalue weighted by Gasteiger charge is -2.12. The maximum Gasteiger partial charge on any atom is 0.309 e. The Kier molecular flexibility index (Phi) is 6.41. The highest BCUT2D eigenvalue weighted by Gasteiger charge is 2.28. The number of hydrogen-bond donors (Lipinski definition) is 1. The fourth-order valence-electron chi connectivity index (χ4n) is 2.50. The van der Waals surface area contributed by atoms with Gasteiger partial charge in [-0.25, -0.2) is 8.42 Å². The molecule has 1 amide bonds. The quantitative estimate of drug-likeness (QED) is 0.718. The Morgan fingerprint density at radius 2 is 2.04 bits per heavy atom. The first kappa shape index (κ1) is 19.2. The van der Waals surface area contributed by atoms with Crippen LogP contribution in [0.5, 0.6) is 5.75 Å². The highest BCUT2D eigenvalue weighted by atomic mass is 32.2. The first-order valence-electron chi connectivity index (χ1n) is 8.10. The molecular weight excluding hydrogens is 346 g/mol. The summed E-state index contributed by atoms with van der Waals surface area (Å²) in [5, 5.41) is 2.56. The molecule has 1 aliphatic rings.